The Kier molecular flexibility index (Phi) is 5.07. The van der Waals surface area contributed by atoms with Gasteiger partial charge in [0.15, 0.2) is 5.82 Å². The van der Waals surface area contributed by atoms with Crippen molar-refractivity contribution in [2.24, 2.45) is 0 Å². The van der Waals surface area contributed by atoms with E-state index >= 15 is 0 Å². The number of aromatic nitrogens is 4. The summed E-state index contributed by atoms with van der Waals surface area (Å²) in [6.45, 7) is 0.417. The normalized spacial score (nSPS) is 11.0. The zero-order valence-corrected chi connectivity index (χ0v) is 14.7. The fourth-order valence-corrected chi connectivity index (χ4v) is 2.93. The van der Waals surface area contributed by atoms with Gasteiger partial charge in [-0.05, 0) is 33.7 Å². The second-order valence-corrected chi connectivity index (χ2v) is 6.43. The van der Waals surface area contributed by atoms with Gasteiger partial charge in [0.05, 0.1) is 26.6 Å². The van der Waals surface area contributed by atoms with Gasteiger partial charge in [-0.2, -0.15) is 0 Å². The highest BCUT2D eigenvalue weighted by atomic mass is 35.5. The first-order valence-electron chi connectivity index (χ1n) is 6.67. The second-order valence-electron chi connectivity index (χ2n) is 4.86. The molecule has 118 valence electrons. The summed E-state index contributed by atoms with van der Waals surface area (Å²) in [6.07, 6.45) is 0.463. The van der Waals surface area contributed by atoms with Crippen LogP contribution in [0, 0.1) is 0 Å². The van der Waals surface area contributed by atoms with Crippen molar-refractivity contribution in [3.05, 3.63) is 73.4 Å². The first kappa shape index (κ1) is 16.5. The van der Waals surface area contributed by atoms with E-state index in [1.54, 1.807) is 16.8 Å². The first-order valence-corrected chi connectivity index (χ1v) is 8.18. The predicted molar refractivity (Wildman–Crippen MR) is 92.6 cm³/mol. The van der Waals surface area contributed by atoms with E-state index in [0.717, 1.165) is 11.1 Å². The molecular weight excluding hydrogens is 378 g/mol. The number of halogens is 4. The van der Waals surface area contributed by atoms with Crippen molar-refractivity contribution in [1.82, 2.24) is 20.2 Å². The molecule has 0 saturated heterocycles. The minimum atomic E-state index is 0.417. The minimum absolute atomic E-state index is 0.417. The van der Waals surface area contributed by atoms with E-state index in [-0.39, 0.29) is 0 Å². The van der Waals surface area contributed by atoms with Crippen LogP contribution in [-0.4, -0.2) is 20.2 Å². The van der Waals surface area contributed by atoms with Crippen molar-refractivity contribution in [3.8, 4) is 0 Å². The number of nitrogens with zero attached hydrogens (tertiary/aromatic N) is 4. The highest BCUT2D eigenvalue weighted by molar-refractivity contribution is 6.43. The van der Waals surface area contributed by atoms with Gasteiger partial charge in [0, 0.05) is 6.42 Å². The summed E-state index contributed by atoms with van der Waals surface area (Å²) in [4.78, 5) is 0. The zero-order chi connectivity index (χ0) is 16.4. The average molecular weight is 388 g/mol. The summed E-state index contributed by atoms with van der Waals surface area (Å²) >= 11 is 24.5. The first-order chi connectivity index (χ1) is 11.1. The summed E-state index contributed by atoms with van der Waals surface area (Å²) in [5, 5.41) is 13.8. The van der Waals surface area contributed by atoms with Crippen LogP contribution >= 0.6 is 46.4 Å². The quantitative estimate of drug-likeness (QED) is 0.637. The molecule has 0 radical (unpaired) electrons. The molecular formula is C15H10Cl4N4. The van der Waals surface area contributed by atoms with Gasteiger partial charge in [0.25, 0.3) is 0 Å². The van der Waals surface area contributed by atoms with Crippen molar-refractivity contribution in [1.29, 1.82) is 0 Å². The summed E-state index contributed by atoms with van der Waals surface area (Å²) in [5.41, 5.74) is 1.69. The summed E-state index contributed by atoms with van der Waals surface area (Å²) in [7, 11) is 0. The van der Waals surface area contributed by atoms with Gasteiger partial charge in [-0.1, -0.05) is 70.7 Å². The molecule has 0 aliphatic rings. The van der Waals surface area contributed by atoms with E-state index < -0.39 is 0 Å². The van der Waals surface area contributed by atoms with Crippen molar-refractivity contribution in [2.45, 2.75) is 13.0 Å². The molecule has 4 nitrogen and oxygen atoms in total. The summed E-state index contributed by atoms with van der Waals surface area (Å²) in [6, 6.07) is 10.9. The van der Waals surface area contributed by atoms with Crippen molar-refractivity contribution >= 4 is 46.4 Å². The molecule has 0 bridgehead atoms. The Morgan fingerprint density at radius 2 is 1.43 bits per heavy atom. The minimum Gasteiger partial charge on any atom is -0.225 e. The lowest BCUT2D eigenvalue weighted by Gasteiger charge is -2.09. The van der Waals surface area contributed by atoms with Gasteiger partial charge in [0.2, 0.25) is 0 Å². The molecule has 3 rings (SSSR count). The van der Waals surface area contributed by atoms with E-state index in [4.69, 9.17) is 46.4 Å². The van der Waals surface area contributed by atoms with Gasteiger partial charge in [-0.25, -0.2) is 4.68 Å². The summed E-state index contributed by atoms with van der Waals surface area (Å²) in [5.74, 6) is 0.658. The van der Waals surface area contributed by atoms with Crippen LogP contribution in [-0.2, 0) is 13.0 Å². The van der Waals surface area contributed by atoms with Gasteiger partial charge < -0.3 is 0 Å². The highest BCUT2D eigenvalue weighted by Gasteiger charge is 2.13. The number of hydrogen-bond acceptors (Lipinski definition) is 3. The smallest absolute Gasteiger partial charge is 0.156 e. The zero-order valence-electron chi connectivity index (χ0n) is 11.7. The maximum atomic E-state index is 6.22. The standard InChI is InChI=1S/C15H10Cl4N4/c16-11-5-1-3-9(14(11)18)7-13-20-21-22-23(13)8-10-4-2-6-12(17)15(10)19/h1-6H,7-8H2. The Morgan fingerprint density at radius 3 is 2.13 bits per heavy atom. The van der Waals surface area contributed by atoms with Crippen LogP contribution in [0.5, 0.6) is 0 Å². The lowest BCUT2D eigenvalue weighted by molar-refractivity contribution is 0.625. The summed E-state index contributed by atoms with van der Waals surface area (Å²) < 4.78 is 1.66. The molecule has 0 aliphatic heterocycles. The SMILES string of the molecule is Clc1cccc(Cc2nnnn2Cc2cccc(Cl)c2Cl)c1Cl. The molecule has 0 spiro atoms. The predicted octanol–water partition coefficient (Wildman–Crippen LogP) is 4.93. The molecule has 0 N–H and O–H groups in total. The molecule has 0 unspecified atom stereocenters. The van der Waals surface area contributed by atoms with E-state index in [0.29, 0.717) is 38.9 Å². The monoisotopic (exact) mass is 386 g/mol. The van der Waals surface area contributed by atoms with Crippen LogP contribution in [0.3, 0.4) is 0 Å². The molecule has 0 aliphatic carbocycles. The van der Waals surface area contributed by atoms with Crippen LogP contribution in [0.2, 0.25) is 20.1 Å². The maximum Gasteiger partial charge on any atom is 0.156 e. The fraction of sp³-hybridized carbons (Fsp3) is 0.133. The van der Waals surface area contributed by atoms with Gasteiger partial charge in [0.1, 0.15) is 0 Å². The Labute approximate surface area is 152 Å². The molecule has 0 amide bonds. The number of hydrogen-bond donors (Lipinski definition) is 0. The van der Waals surface area contributed by atoms with E-state index in [1.807, 2.05) is 24.3 Å². The van der Waals surface area contributed by atoms with E-state index in [2.05, 4.69) is 15.5 Å². The van der Waals surface area contributed by atoms with Crippen LogP contribution in [0.1, 0.15) is 17.0 Å². The Hall–Kier alpha value is -1.33. The lowest BCUT2D eigenvalue weighted by Crippen LogP contribution is -2.08. The number of benzene rings is 2. The second kappa shape index (κ2) is 7.05. The van der Waals surface area contributed by atoms with E-state index in [9.17, 15) is 0 Å². The van der Waals surface area contributed by atoms with Crippen LogP contribution in [0.25, 0.3) is 0 Å². The average Bonchev–Trinajstić information content (AvgIpc) is 2.96. The van der Waals surface area contributed by atoms with Crippen molar-refractivity contribution in [3.63, 3.8) is 0 Å². The topological polar surface area (TPSA) is 43.6 Å². The molecule has 1 aromatic heterocycles. The van der Waals surface area contributed by atoms with Crippen molar-refractivity contribution < 1.29 is 0 Å². The molecule has 2 aromatic carbocycles. The lowest BCUT2D eigenvalue weighted by atomic mass is 10.1. The van der Waals surface area contributed by atoms with Gasteiger partial charge in [-0.3, -0.25) is 0 Å². The van der Waals surface area contributed by atoms with E-state index in [1.165, 1.54) is 0 Å². The van der Waals surface area contributed by atoms with Crippen LogP contribution in [0.4, 0.5) is 0 Å². The highest BCUT2D eigenvalue weighted by Crippen LogP contribution is 2.28. The van der Waals surface area contributed by atoms with Crippen LogP contribution in [0.15, 0.2) is 36.4 Å². The Bertz CT molecular complexity index is 779. The maximum absolute atomic E-state index is 6.22. The fourth-order valence-electron chi connectivity index (χ4n) is 2.16. The molecule has 23 heavy (non-hydrogen) atoms. The molecule has 0 saturated carbocycles. The van der Waals surface area contributed by atoms with Gasteiger partial charge >= 0.3 is 0 Å². The third kappa shape index (κ3) is 3.61. The molecule has 1 heterocycles. The van der Waals surface area contributed by atoms with Crippen molar-refractivity contribution in [2.75, 3.05) is 0 Å². The third-order valence-electron chi connectivity index (χ3n) is 3.34. The number of tetrazole rings is 1. The molecule has 0 atom stereocenters. The largest absolute Gasteiger partial charge is 0.225 e. The van der Waals surface area contributed by atoms with Crippen LogP contribution < -0.4 is 0 Å². The Balaban J connectivity index is 1.88. The molecule has 3 aromatic rings. The molecule has 0 fully saturated rings. The van der Waals surface area contributed by atoms with Gasteiger partial charge in [-0.15, -0.1) is 5.10 Å². The third-order valence-corrected chi connectivity index (χ3v) is 5.05. The Morgan fingerprint density at radius 1 is 0.826 bits per heavy atom. The number of rotatable bonds is 4. The molecule has 8 heteroatoms.